The molecule has 0 fully saturated rings. The van der Waals surface area contributed by atoms with Gasteiger partial charge >= 0.3 is 0 Å². The summed E-state index contributed by atoms with van der Waals surface area (Å²) < 4.78 is 6.44. The van der Waals surface area contributed by atoms with Gasteiger partial charge in [-0.3, -0.25) is 0 Å². The van der Waals surface area contributed by atoms with Crippen LogP contribution >= 0.6 is 0 Å². The molecule has 0 aromatic heterocycles. The molecule has 1 nitrogen and oxygen atoms in total. The van der Waals surface area contributed by atoms with Crippen molar-refractivity contribution in [3.05, 3.63) is 0 Å². The molecular weight excluding hydrogens is 236 g/mol. The van der Waals surface area contributed by atoms with Crippen molar-refractivity contribution >= 4 is 8.32 Å². The van der Waals surface area contributed by atoms with Crippen LogP contribution < -0.4 is 0 Å². The highest BCUT2D eigenvalue weighted by Gasteiger charge is 2.64. The normalized spacial score (nSPS) is 15.0. The highest BCUT2D eigenvalue weighted by Crippen LogP contribution is 2.65. The maximum Gasteiger partial charge on any atom is 0.208 e. The maximum absolute atomic E-state index is 6.44. The van der Waals surface area contributed by atoms with Crippen LogP contribution in [-0.2, 0) is 4.43 Å². The molecule has 0 aromatic carbocycles. The third kappa shape index (κ3) is 2.43. The third-order valence-electron chi connectivity index (χ3n) is 5.82. The molecule has 0 heterocycles. The Labute approximate surface area is 117 Å². The quantitative estimate of drug-likeness (QED) is 0.505. The van der Waals surface area contributed by atoms with Crippen molar-refractivity contribution in [2.75, 3.05) is 7.11 Å². The van der Waals surface area contributed by atoms with E-state index in [9.17, 15) is 0 Å². The third-order valence-corrected chi connectivity index (χ3v) is 13.2. The first-order valence-corrected chi connectivity index (χ1v) is 9.45. The molecule has 0 amide bonds. The summed E-state index contributed by atoms with van der Waals surface area (Å²) >= 11 is 0. The van der Waals surface area contributed by atoms with Crippen LogP contribution in [0.3, 0.4) is 0 Å². The van der Waals surface area contributed by atoms with E-state index in [4.69, 9.17) is 4.43 Å². The zero-order valence-electron chi connectivity index (χ0n) is 14.5. The van der Waals surface area contributed by atoms with E-state index in [1.54, 1.807) is 0 Å². The molecule has 0 aliphatic rings. The maximum atomic E-state index is 6.44. The van der Waals surface area contributed by atoms with Crippen LogP contribution in [0, 0.1) is 0 Å². The van der Waals surface area contributed by atoms with Crippen molar-refractivity contribution in [2.24, 2.45) is 0 Å². The predicted molar refractivity (Wildman–Crippen MR) is 85.8 cm³/mol. The van der Waals surface area contributed by atoms with Gasteiger partial charge in [-0.25, -0.2) is 0 Å². The lowest BCUT2D eigenvalue weighted by atomic mass is 10.1. The standard InChI is InChI=1S/C16H36OSi/c1-11-14(4,5)18(17-10,15(6,7)12-2)16(8,9)13-3/h11-13H2,1-10H3. The average molecular weight is 273 g/mol. The van der Waals surface area contributed by atoms with Crippen molar-refractivity contribution in [2.45, 2.75) is 96.7 Å². The highest BCUT2D eigenvalue weighted by molar-refractivity contribution is 6.82. The molecule has 0 rings (SSSR count). The van der Waals surface area contributed by atoms with Crippen molar-refractivity contribution in [3.63, 3.8) is 0 Å². The molecule has 0 radical (unpaired) electrons. The molecule has 0 saturated heterocycles. The lowest BCUT2D eigenvalue weighted by Gasteiger charge is -2.60. The first-order valence-electron chi connectivity index (χ1n) is 7.54. The Bertz CT molecular complexity index is 225. The summed E-state index contributed by atoms with van der Waals surface area (Å²) in [4.78, 5) is 0. The smallest absolute Gasteiger partial charge is 0.208 e. The van der Waals surface area contributed by atoms with Crippen molar-refractivity contribution < 1.29 is 4.43 Å². The topological polar surface area (TPSA) is 9.23 Å². The van der Waals surface area contributed by atoms with Crippen LogP contribution in [0.2, 0.25) is 15.1 Å². The van der Waals surface area contributed by atoms with Gasteiger partial charge < -0.3 is 4.43 Å². The van der Waals surface area contributed by atoms with Crippen molar-refractivity contribution in [3.8, 4) is 0 Å². The minimum atomic E-state index is -1.95. The van der Waals surface area contributed by atoms with E-state index in [0.29, 0.717) is 15.1 Å². The monoisotopic (exact) mass is 272 g/mol. The van der Waals surface area contributed by atoms with Crippen LogP contribution in [0.4, 0.5) is 0 Å². The van der Waals surface area contributed by atoms with E-state index in [-0.39, 0.29) is 0 Å². The summed E-state index contributed by atoms with van der Waals surface area (Å²) in [7, 11) is 0.0183. The molecule has 0 bridgehead atoms. The van der Waals surface area contributed by atoms with Crippen LogP contribution in [0.25, 0.3) is 0 Å². The fourth-order valence-electron chi connectivity index (χ4n) is 4.32. The van der Waals surface area contributed by atoms with Gasteiger partial charge in [-0.2, -0.15) is 0 Å². The summed E-state index contributed by atoms with van der Waals surface area (Å²) in [5.74, 6) is 0. The Morgan fingerprint density at radius 2 is 0.889 bits per heavy atom. The molecule has 0 aliphatic carbocycles. The molecule has 0 atom stereocenters. The van der Waals surface area contributed by atoms with E-state index in [1.807, 2.05) is 7.11 Å². The van der Waals surface area contributed by atoms with Gasteiger partial charge in [0.25, 0.3) is 0 Å². The first kappa shape index (κ1) is 18.2. The number of hydrogen-bond acceptors (Lipinski definition) is 1. The Kier molecular flexibility index (Phi) is 5.72. The van der Waals surface area contributed by atoms with Crippen LogP contribution in [0.5, 0.6) is 0 Å². The van der Waals surface area contributed by atoms with E-state index < -0.39 is 8.32 Å². The van der Waals surface area contributed by atoms with Gasteiger partial charge in [-0.15, -0.1) is 0 Å². The fraction of sp³-hybridized carbons (Fsp3) is 1.00. The Hall–Kier alpha value is 0.177. The van der Waals surface area contributed by atoms with Gasteiger partial charge in [0.2, 0.25) is 8.32 Å². The van der Waals surface area contributed by atoms with Gasteiger partial charge in [0.15, 0.2) is 0 Å². The highest BCUT2D eigenvalue weighted by atomic mass is 28.4. The van der Waals surface area contributed by atoms with Crippen molar-refractivity contribution in [1.82, 2.24) is 0 Å². The Morgan fingerprint density at radius 3 is 1.00 bits per heavy atom. The van der Waals surface area contributed by atoms with Gasteiger partial charge in [-0.05, 0) is 15.1 Å². The lowest BCUT2D eigenvalue weighted by molar-refractivity contribution is 0.268. The van der Waals surface area contributed by atoms with Gasteiger partial charge in [0.05, 0.1) is 0 Å². The predicted octanol–water partition coefficient (Wildman–Crippen LogP) is 6.15. The molecule has 0 aromatic rings. The summed E-state index contributed by atoms with van der Waals surface area (Å²) in [6.45, 7) is 21.5. The zero-order chi connectivity index (χ0) is 14.8. The number of rotatable bonds is 7. The number of hydrogen-bond donors (Lipinski definition) is 0. The molecular formula is C16H36OSi. The molecule has 0 unspecified atom stereocenters. The van der Waals surface area contributed by atoms with Crippen LogP contribution in [0.15, 0.2) is 0 Å². The van der Waals surface area contributed by atoms with Gasteiger partial charge in [-0.1, -0.05) is 81.6 Å². The van der Waals surface area contributed by atoms with Crippen LogP contribution in [-0.4, -0.2) is 15.4 Å². The van der Waals surface area contributed by atoms with Gasteiger partial charge in [0, 0.05) is 7.11 Å². The molecule has 2 heteroatoms. The molecule has 0 saturated carbocycles. The lowest BCUT2D eigenvalue weighted by Crippen LogP contribution is -2.62. The molecule has 18 heavy (non-hydrogen) atoms. The van der Waals surface area contributed by atoms with E-state index >= 15 is 0 Å². The summed E-state index contributed by atoms with van der Waals surface area (Å²) in [5, 5.41) is 0.877. The average Bonchev–Trinajstić information content (AvgIpc) is 2.29. The zero-order valence-corrected chi connectivity index (χ0v) is 15.5. The SMILES string of the molecule is CCC(C)(C)[Si](OC)(C(C)(C)CC)C(C)(C)CC. The van der Waals surface area contributed by atoms with E-state index in [0.717, 1.165) is 0 Å². The second-order valence-electron chi connectivity index (χ2n) is 7.60. The molecule has 110 valence electrons. The largest absolute Gasteiger partial charge is 0.418 e. The Balaban J connectivity index is 6.13. The van der Waals surface area contributed by atoms with Crippen molar-refractivity contribution in [1.29, 1.82) is 0 Å². The second-order valence-corrected chi connectivity index (χ2v) is 13.4. The van der Waals surface area contributed by atoms with E-state index in [1.165, 1.54) is 19.3 Å². The first-order chi connectivity index (χ1) is 7.99. The summed E-state index contributed by atoms with van der Waals surface area (Å²) in [5.41, 5.74) is 0. The minimum Gasteiger partial charge on any atom is -0.418 e. The Morgan fingerprint density at radius 1 is 0.667 bits per heavy atom. The summed E-state index contributed by atoms with van der Waals surface area (Å²) in [6, 6.07) is 0. The second kappa shape index (κ2) is 5.66. The fourth-order valence-corrected chi connectivity index (χ4v) is 13.0. The van der Waals surface area contributed by atoms with Crippen LogP contribution in [0.1, 0.15) is 81.6 Å². The van der Waals surface area contributed by atoms with E-state index in [2.05, 4.69) is 62.3 Å². The minimum absolute atomic E-state index is 0.292. The molecule has 0 aliphatic heterocycles. The molecule has 0 N–H and O–H groups in total. The summed E-state index contributed by atoms with van der Waals surface area (Å²) in [6.07, 6.45) is 3.58. The van der Waals surface area contributed by atoms with Gasteiger partial charge in [0.1, 0.15) is 0 Å². The molecule has 0 spiro atoms.